The van der Waals surface area contributed by atoms with Crippen molar-refractivity contribution in [1.29, 1.82) is 0 Å². The van der Waals surface area contributed by atoms with Crippen LogP contribution in [0.2, 0.25) is 0 Å². The van der Waals surface area contributed by atoms with Gasteiger partial charge < -0.3 is 4.90 Å². The van der Waals surface area contributed by atoms with Crippen LogP contribution >= 0.6 is 0 Å². The highest BCUT2D eigenvalue weighted by molar-refractivity contribution is 7.91. The van der Waals surface area contributed by atoms with Gasteiger partial charge in [0.25, 0.3) is 0 Å². The van der Waals surface area contributed by atoms with Crippen molar-refractivity contribution >= 4 is 15.7 Å². The number of aromatic nitrogens is 4. The summed E-state index contributed by atoms with van der Waals surface area (Å²) < 4.78 is 24.1. The van der Waals surface area contributed by atoms with Gasteiger partial charge in [0.15, 0.2) is 9.84 Å². The molecule has 1 fully saturated rings. The lowest BCUT2D eigenvalue weighted by Crippen LogP contribution is -2.42. The van der Waals surface area contributed by atoms with E-state index in [1.165, 1.54) is 10.4 Å². The Labute approximate surface area is 188 Å². The third-order valence-electron chi connectivity index (χ3n) is 5.73. The van der Waals surface area contributed by atoms with Crippen LogP contribution in [0.1, 0.15) is 37.3 Å². The van der Waals surface area contributed by atoms with E-state index in [0.29, 0.717) is 24.7 Å². The minimum absolute atomic E-state index is 0.0101. The van der Waals surface area contributed by atoms with Crippen LogP contribution in [0.4, 0.5) is 0 Å². The van der Waals surface area contributed by atoms with Crippen LogP contribution in [0.3, 0.4) is 0 Å². The summed E-state index contributed by atoms with van der Waals surface area (Å²) in [5, 5.41) is 12.5. The number of benzene rings is 2. The fourth-order valence-electron chi connectivity index (χ4n) is 3.88. The van der Waals surface area contributed by atoms with Crippen LogP contribution in [0, 0.1) is 0 Å². The van der Waals surface area contributed by atoms with Gasteiger partial charge in [0.2, 0.25) is 11.7 Å². The molecule has 4 rings (SSSR count). The highest BCUT2D eigenvalue weighted by Gasteiger charge is 2.35. The maximum atomic E-state index is 13.2. The van der Waals surface area contributed by atoms with Gasteiger partial charge in [0, 0.05) is 18.2 Å². The first kappa shape index (κ1) is 22.1. The fraction of sp³-hybridized carbons (Fsp3) is 0.391. The van der Waals surface area contributed by atoms with E-state index in [1.807, 2.05) is 54.6 Å². The lowest BCUT2D eigenvalue weighted by Gasteiger charge is -2.28. The van der Waals surface area contributed by atoms with Gasteiger partial charge in [-0.05, 0) is 28.7 Å². The van der Waals surface area contributed by atoms with Crippen molar-refractivity contribution in [3.05, 3.63) is 65.7 Å². The third kappa shape index (κ3) is 5.21. The summed E-state index contributed by atoms with van der Waals surface area (Å²) >= 11 is 0. The number of sulfone groups is 1. The molecule has 2 heterocycles. The first-order chi connectivity index (χ1) is 15.3. The van der Waals surface area contributed by atoms with Crippen LogP contribution in [0.25, 0.3) is 11.4 Å². The molecule has 0 saturated carbocycles. The minimum Gasteiger partial charge on any atom is -0.333 e. The lowest BCUT2D eigenvalue weighted by molar-refractivity contribution is -0.134. The molecule has 0 radical (unpaired) electrons. The number of carbonyl (C=O) groups excluding carboxylic acids is 1. The molecule has 0 bridgehead atoms. The van der Waals surface area contributed by atoms with E-state index < -0.39 is 9.84 Å². The predicted octanol–water partition coefficient (Wildman–Crippen LogP) is 2.68. The quantitative estimate of drug-likeness (QED) is 0.546. The van der Waals surface area contributed by atoms with Crippen molar-refractivity contribution in [2.75, 3.05) is 11.5 Å². The summed E-state index contributed by atoms with van der Waals surface area (Å²) in [4.78, 5) is 16.1. The summed E-state index contributed by atoms with van der Waals surface area (Å²) in [6.45, 7) is 4.51. The van der Waals surface area contributed by atoms with Crippen molar-refractivity contribution in [3.63, 3.8) is 0 Å². The van der Waals surface area contributed by atoms with Crippen LogP contribution < -0.4 is 0 Å². The van der Waals surface area contributed by atoms with E-state index in [1.54, 1.807) is 4.90 Å². The Hall–Kier alpha value is -3.07. The number of amides is 1. The average Bonchev–Trinajstić information content (AvgIpc) is 3.38. The van der Waals surface area contributed by atoms with E-state index in [4.69, 9.17) is 0 Å². The molecular formula is C23H27N5O3S. The van der Waals surface area contributed by atoms with Crippen molar-refractivity contribution in [1.82, 2.24) is 25.1 Å². The van der Waals surface area contributed by atoms with Gasteiger partial charge in [-0.3, -0.25) is 4.79 Å². The molecule has 0 aliphatic carbocycles. The normalized spacial score (nSPS) is 17.5. The Balaban J connectivity index is 1.50. The molecule has 3 aromatic rings. The Morgan fingerprint density at radius 3 is 2.47 bits per heavy atom. The molecule has 0 N–H and O–H groups in total. The maximum absolute atomic E-state index is 13.2. The van der Waals surface area contributed by atoms with Crippen molar-refractivity contribution in [2.45, 2.75) is 45.3 Å². The van der Waals surface area contributed by atoms with E-state index in [0.717, 1.165) is 11.1 Å². The lowest BCUT2D eigenvalue weighted by atomic mass is 10.0. The highest BCUT2D eigenvalue weighted by atomic mass is 32.2. The molecule has 1 aromatic heterocycles. The first-order valence-corrected chi connectivity index (χ1v) is 12.5. The number of rotatable bonds is 7. The van der Waals surface area contributed by atoms with Gasteiger partial charge in [-0.15, -0.1) is 10.2 Å². The molecule has 2 aromatic carbocycles. The zero-order valence-corrected chi connectivity index (χ0v) is 19.1. The summed E-state index contributed by atoms with van der Waals surface area (Å²) in [6.07, 6.45) is 0.444. The summed E-state index contributed by atoms with van der Waals surface area (Å²) in [5.74, 6) is 0.750. The van der Waals surface area contributed by atoms with Gasteiger partial charge in [0.05, 0.1) is 11.5 Å². The molecule has 1 saturated heterocycles. The standard InChI is InChI=1S/C23H27N5O3S/c1-17(2)19-8-10-20(11-9-19)23-24-26-28(25-23)15-22(29)27(14-18-6-4-3-5-7-18)21-12-13-32(30,31)16-21/h3-11,17,21H,12-16H2,1-2H3/t21-/m0/s1. The molecule has 1 atom stereocenters. The smallest absolute Gasteiger partial charge is 0.246 e. The van der Waals surface area contributed by atoms with Gasteiger partial charge in [-0.2, -0.15) is 4.80 Å². The van der Waals surface area contributed by atoms with Crippen molar-refractivity contribution < 1.29 is 13.2 Å². The second-order valence-corrected chi connectivity index (χ2v) is 10.7. The Bertz CT molecular complexity index is 1170. The average molecular weight is 454 g/mol. The van der Waals surface area contributed by atoms with Gasteiger partial charge in [0.1, 0.15) is 6.54 Å². The number of tetrazole rings is 1. The molecule has 8 nitrogen and oxygen atoms in total. The molecule has 32 heavy (non-hydrogen) atoms. The van der Waals surface area contributed by atoms with Gasteiger partial charge in [-0.1, -0.05) is 68.4 Å². The Kier molecular flexibility index (Phi) is 6.36. The number of hydrogen-bond acceptors (Lipinski definition) is 6. The Morgan fingerprint density at radius 1 is 1.12 bits per heavy atom. The molecule has 0 unspecified atom stereocenters. The molecule has 168 valence electrons. The second kappa shape index (κ2) is 9.20. The summed E-state index contributed by atoms with van der Waals surface area (Å²) in [6, 6.07) is 17.2. The number of hydrogen-bond donors (Lipinski definition) is 0. The Morgan fingerprint density at radius 2 is 1.84 bits per heavy atom. The molecule has 1 aliphatic rings. The highest BCUT2D eigenvalue weighted by Crippen LogP contribution is 2.22. The van der Waals surface area contributed by atoms with Crippen LogP contribution in [0.15, 0.2) is 54.6 Å². The SMILES string of the molecule is CC(C)c1ccc(-c2nnn(CC(=O)N(Cc3ccccc3)[C@H]3CCS(=O)(=O)C3)n2)cc1. The van der Waals surface area contributed by atoms with Crippen molar-refractivity contribution in [3.8, 4) is 11.4 Å². The first-order valence-electron chi connectivity index (χ1n) is 10.7. The molecule has 1 aliphatic heterocycles. The van der Waals surface area contributed by atoms with E-state index in [2.05, 4.69) is 29.3 Å². The van der Waals surface area contributed by atoms with Crippen LogP contribution in [-0.4, -0.2) is 57.0 Å². The van der Waals surface area contributed by atoms with Gasteiger partial charge >= 0.3 is 0 Å². The zero-order valence-electron chi connectivity index (χ0n) is 18.3. The van der Waals surface area contributed by atoms with Crippen LogP contribution in [-0.2, 0) is 27.7 Å². The predicted molar refractivity (Wildman–Crippen MR) is 121 cm³/mol. The second-order valence-electron chi connectivity index (χ2n) is 8.48. The monoisotopic (exact) mass is 453 g/mol. The topological polar surface area (TPSA) is 98.0 Å². The molecule has 1 amide bonds. The van der Waals surface area contributed by atoms with Crippen LogP contribution in [0.5, 0.6) is 0 Å². The largest absolute Gasteiger partial charge is 0.333 e. The summed E-state index contributed by atoms with van der Waals surface area (Å²) in [5.41, 5.74) is 3.00. The number of nitrogens with zero attached hydrogens (tertiary/aromatic N) is 5. The molecule has 9 heteroatoms. The van der Waals surface area contributed by atoms with E-state index in [-0.39, 0.29) is 30.0 Å². The summed E-state index contributed by atoms with van der Waals surface area (Å²) in [7, 11) is -3.13. The maximum Gasteiger partial charge on any atom is 0.246 e. The molecule has 0 spiro atoms. The minimum atomic E-state index is -3.13. The number of carbonyl (C=O) groups is 1. The van der Waals surface area contributed by atoms with Gasteiger partial charge in [-0.25, -0.2) is 8.42 Å². The third-order valence-corrected chi connectivity index (χ3v) is 7.48. The van der Waals surface area contributed by atoms with Crippen molar-refractivity contribution in [2.24, 2.45) is 0 Å². The zero-order chi connectivity index (χ0) is 22.7. The molecular weight excluding hydrogens is 426 g/mol. The van der Waals surface area contributed by atoms with E-state index >= 15 is 0 Å². The van der Waals surface area contributed by atoms with E-state index in [9.17, 15) is 13.2 Å². The fourth-order valence-corrected chi connectivity index (χ4v) is 5.61.